The van der Waals surface area contributed by atoms with E-state index in [1.807, 2.05) is 7.05 Å². The normalized spacial score (nSPS) is 33.0. The average Bonchev–Trinajstić information content (AvgIpc) is 2.32. The van der Waals surface area contributed by atoms with Crippen molar-refractivity contribution in [2.24, 2.45) is 11.8 Å². The van der Waals surface area contributed by atoms with Crippen LogP contribution in [-0.2, 0) is 0 Å². The van der Waals surface area contributed by atoms with Crippen LogP contribution in [-0.4, -0.2) is 43.4 Å². The fourth-order valence-electron chi connectivity index (χ4n) is 1.85. The van der Waals surface area contributed by atoms with Gasteiger partial charge in [-0.25, -0.2) is 0 Å². The second kappa shape index (κ2) is 4.02. The van der Waals surface area contributed by atoms with Crippen LogP contribution < -0.4 is 0 Å². The van der Waals surface area contributed by atoms with E-state index >= 15 is 0 Å². The molecule has 0 aromatic carbocycles. The molecule has 0 spiro atoms. The van der Waals surface area contributed by atoms with Gasteiger partial charge < -0.3 is 10.0 Å². The predicted octanol–water partition coefficient (Wildman–Crippen LogP) is 0.516. The van der Waals surface area contributed by atoms with Gasteiger partial charge in [0, 0.05) is 19.7 Å². The summed E-state index contributed by atoms with van der Waals surface area (Å²) in [7, 11) is 2.01. The molecule has 11 heavy (non-hydrogen) atoms. The smallest absolute Gasteiger partial charge is 0.0897 e. The first-order valence-corrected chi connectivity index (χ1v) is 4.13. The molecule has 0 aromatic rings. The van der Waals surface area contributed by atoms with Crippen LogP contribution in [0.25, 0.3) is 0 Å². The minimum absolute atomic E-state index is 0.203. The quantitative estimate of drug-likeness (QED) is 0.652. The van der Waals surface area contributed by atoms with E-state index in [0.717, 1.165) is 13.1 Å². The molecule has 0 amide bonds. The standard InChI is InChI=1S/C8H16FNO/c1-10-4-7(2-3-9)8(5-10)6-11/h7-8,11H,2-6H2,1H3. The van der Waals surface area contributed by atoms with Crippen LogP contribution in [0.5, 0.6) is 0 Å². The first-order chi connectivity index (χ1) is 5.27. The molecule has 1 rings (SSSR count). The van der Waals surface area contributed by atoms with E-state index in [4.69, 9.17) is 5.11 Å². The molecular formula is C8H16FNO. The van der Waals surface area contributed by atoms with Crippen molar-refractivity contribution < 1.29 is 9.50 Å². The highest BCUT2D eigenvalue weighted by molar-refractivity contribution is 4.81. The summed E-state index contributed by atoms with van der Waals surface area (Å²) < 4.78 is 12.0. The lowest BCUT2D eigenvalue weighted by Gasteiger charge is -2.12. The molecule has 0 aliphatic carbocycles. The summed E-state index contributed by atoms with van der Waals surface area (Å²) in [5.41, 5.74) is 0. The minimum Gasteiger partial charge on any atom is -0.396 e. The second-order valence-corrected chi connectivity index (χ2v) is 3.40. The fourth-order valence-corrected chi connectivity index (χ4v) is 1.85. The lowest BCUT2D eigenvalue weighted by molar-refractivity contribution is 0.194. The van der Waals surface area contributed by atoms with Gasteiger partial charge in [0.05, 0.1) is 6.67 Å². The zero-order chi connectivity index (χ0) is 8.27. The zero-order valence-electron chi connectivity index (χ0n) is 6.96. The summed E-state index contributed by atoms with van der Waals surface area (Å²) in [6, 6.07) is 0. The van der Waals surface area contributed by atoms with Crippen LogP contribution in [0, 0.1) is 11.8 Å². The van der Waals surface area contributed by atoms with Gasteiger partial charge >= 0.3 is 0 Å². The monoisotopic (exact) mass is 161 g/mol. The van der Waals surface area contributed by atoms with Gasteiger partial charge in [-0.1, -0.05) is 0 Å². The summed E-state index contributed by atoms with van der Waals surface area (Å²) >= 11 is 0. The average molecular weight is 161 g/mol. The Balaban J connectivity index is 2.37. The van der Waals surface area contributed by atoms with Crippen molar-refractivity contribution in [3.63, 3.8) is 0 Å². The van der Waals surface area contributed by atoms with Crippen LogP contribution in [0.1, 0.15) is 6.42 Å². The summed E-state index contributed by atoms with van der Waals surface area (Å²) in [5, 5.41) is 8.93. The lowest BCUT2D eigenvalue weighted by Crippen LogP contribution is -2.16. The van der Waals surface area contributed by atoms with Gasteiger partial charge in [-0.2, -0.15) is 0 Å². The van der Waals surface area contributed by atoms with Gasteiger partial charge in [-0.3, -0.25) is 4.39 Å². The first-order valence-electron chi connectivity index (χ1n) is 4.13. The van der Waals surface area contributed by atoms with E-state index in [1.165, 1.54) is 0 Å². The molecular weight excluding hydrogens is 145 g/mol. The molecule has 1 saturated heterocycles. The van der Waals surface area contributed by atoms with Crippen LogP contribution >= 0.6 is 0 Å². The molecule has 1 N–H and O–H groups in total. The molecule has 0 aromatic heterocycles. The van der Waals surface area contributed by atoms with Gasteiger partial charge in [0.1, 0.15) is 0 Å². The van der Waals surface area contributed by atoms with E-state index in [1.54, 1.807) is 0 Å². The molecule has 2 atom stereocenters. The lowest BCUT2D eigenvalue weighted by atomic mass is 9.94. The van der Waals surface area contributed by atoms with Crippen LogP contribution in [0.4, 0.5) is 4.39 Å². The fraction of sp³-hybridized carbons (Fsp3) is 1.00. The van der Waals surface area contributed by atoms with E-state index in [9.17, 15) is 4.39 Å². The molecule has 0 saturated carbocycles. The third-order valence-electron chi connectivity index (χ3n) is 2.47. The number of alkyl halides is 1. The molecule has 0 bridgehead atoms. The molecule has 0 radical (unpaired) electrons. The van der Waals surface area contributed by atoms with E-state index in [-0.39, 0.29) is 13.3 Å². The number of halogens is 1. The van der Waals surface area contributed by atoms with Crippen molar-refractivity contribution >= 4 is 0 Å². The Morgan fingerprint density at radius 3 is 2.64 bits per heavy atom. The number of likely N-dealkylation sites (tertiary alicyclic amines) is 1. The van der Waals surface area contributed by atoms with Crippen LogP contribution in [0.2, 0.25) is 0 Å². The molecule has 1 fully saturated rings. The topological polar surface area (TPSA) is 23.5 Å². The maximum Gasteiger partial charge on any atom is 0.0897 e. The SMILES string of the molecule is CN1CC(CO)C(CCF)C1. The van der Waals surface area contributed by atoms with Crippen molar-refractivity contribution in [3.05, 3.63) is 0 Å². The van der Waals surface area contributed by atoms with Crippen molar-refractivity contribution in [3.8, 4) is 0 Å². The first kappa shape index (κ1) is 8.94. The molecule has 2 unspecified atom stereocenters. The second-order valence-electron chi connectivity index (χ2n) is 3.40. The highest BCUT2D eigenvalue weighted by Crippen LogP contribution is 2.24. The van der Waals surface area contributed by atoms with Gasteiger partial charge in [-0.15, -0.1) is 0 Å². The van der Waals surface area contributed by atoms with E-state index in [2.05, 4.69) is 4.90 Å². The van der Waals surface area contributed by atoms with Crippen LogP contribution in [0.15, 0.2) is 0 Å². The molecule has 3 heteroatoms. The van der Waals surface area contributed by atoms with Crippen molar-refractivity contribution in [2.45, 2.75) is 6.42 Å². The third kappa shape index (κ3) is 2.14. The van der Waals surface area contributed by atoms with Gasteiger partial charge in [-0.05, 0) is 25.3 Å². The number of aliphatic hydroxyl groups is 1. The van der Waals surface area contributed by atoms with Crippen molar-refractivity contribution in [1.82, 2.24) is 4.90 Å². The molecule has 2 nitrogen and oxygen atoms in total. The Kier molecular flexibility index (Phi) is 3.27. The Bertz CT molecular complexity index is 121. The van der Waals surface area contributed by atoms with Crippen LogP contribution in [0.3, 0.4) is 0 Å². The minimum atomic E-state index is -0.255. The predicted molar refractivity (Wildman–Crippen MR) is 42.2 cm³/mol. The molecule has 1 aliphatic rings. The molecule has 1 heterocycles. The third-order valence-corrected chi connectivity index (χ3v) is 2.47. The van der Waals surface area contributed by atoms with Crippen molar-refractivity contribution in [1.29, 1.82) is 0 Å². The number of aliphatic hydroxyl groups excluding tert-OH is 1. The highest BCUT2D eigenvalue weighted by Gasteiger charge is 2.29. The summed E-state index contributed by atoms with van der Waals surface area (Å²) in [6.45, 7) is 1.81. The Labute approximate surface area is 67.0 Å². The Morgan fingerprint density at radius 1 is 1.45 bits per heavy atom. The Morgan fingerprint density at radius 2 is 2.09 bits per heavy atom. The summed E-state index contributed by atoms with van der Waals surface area (Å²) in [4.78, 5) is 2.15. The summed E-state index contributed by atoms with van der Waals surface area (Å²) in [5.74, 6) is 0.672. The maximum atomic E-state index is 12.0. The Hall–Kier alpha value is -0.150. The van der Waals surface area contributed by atoms with E-state index in [0.29, 0.717) is 18.3 Å². The van der Waals surface area contributed by atoms with Crippen molar-refractivity contribution in [2.75, 3.05) is 33.4 Å². The number of hydrogen-bond donors (Lipinski definition) is 1. The van der Waals surface area contributed by atoms with E-state index < -0.39 is 0 Å². The van der Waals surface area contributed by atoms with Gasteiger partial charge in [0.25, 0.3) is 0 Å². The molecule has 1 aliphatic heterocycles. The number of rotatable bonds is 3. The maximum absolute atomic E-state index is 12.0. The van der Waals surface area contributed by atoms with Gasteiger partial charge in [0.15, 0.2) is 0 Å². The highest BCUT2D eigenvalue weighted by atomic mass is 19.1. The number of nitrogens with zero attached hydrogens (tertiary/aromatic N) is 1. The summed E-state index contributed by atoms with van der Waals surface area (Å²) in [6.07, 6.45) is 0.607. The van der Waals surface area contributed by atoms with Gasteiger partial charge in [0.2, 0.25) is 0 Å². The molecule has 66 valence electrons. The largest absolute Gasteiger partial charge is 0.396 e. The number of hydrogen-bond acceptors (Lipinski definition) is 2. The zero-order valence-corrected chi connectivity index (χ0v) is 6.96.